The topological polar surface area (TPSA) is 38.5 Å². The van der Waals surface area contributed by atoms with Crippen molar-refractivity contribution in [3.63, 3.8) is 0 Å². The third-order valence-corrected chi connectivity index (χ3v) is 4.06. The minimum absolute atomic E-state index is 0.163. The molecule has 2 unspecified atom stereocenters. The number of ether oxygens (including phenoxy) is 1. The predicted octanol–water partition coefficient (Wildman–Crippen LogP) is 1.78. The number of aryl methyl sites for hydroxylation is 1. The van der Waals surface area contributed by atoms with Crippen molar-refractivity contribution >= 4 is 11.3 Å². The maximum atomic E-state index is 6.13. The lowest BCUT2D eigenvalue weighted by Gasteiger charge is -2.36. The highest BCUT2D eigenvalue weighted by Gasteiger charge is 2.26. The Morgan fingerprint density at radius 3 is 2.56 bits per heavy atom. The average Bonchev–Trinajstić information content (AvgIpc) is 2.66. The van der Waals surface area contributed by atoms with Crippen LogP contribution in [0.4, 0.5) is 0 Å². The Kier molecular flexibility index (Phi) is 3.97. The monoisotopic (exact) mass is 240 g/mol. The highest BCUT2D eigenvalue weighted by molar-refractivity contribution is 7.12. The summed E-state index contributed by atoms with van der Waals surface area (Å²) in [6.07, 6.45) is 0. The molecular weight excluding hydrogens is 220 g/mol. The Bertz CT molecular complexity index is 332. The molecule has 1 aliphatic rings. The Hall–Kier alpha value is -0.420. The lowest BCUT2D eigenvalue weighted by atomic mass is 10.1. The van der Waals surface area contributed by atoms with Crippen LogP contribution in [0.5, 0.6) is 0 Å². The minimum Gasteiger partial charge on any atom is -0.379 e. The maximum absolute atomic E-state index is 6.13. The molecule has 90 valence electrons. The van der Waals surface area contributed by atoms with E-state index in [-0.39, 0.29) is 6.04 Å². The fraction of sp³-hybridized carbons (Fsp3) is 0.667. The summed E-state index contributed by atoms with van der Waals surface area (Å²) in [7, 11) is 0. The van der Waals surface area contributed by atoms with Crippen molar-refractivity contribution in [2.75, 3.05) is 26.3 Å². The fourth-order valence-electron chi connectivity index (χ4n) is 2.24. The molecule has 1 saturated heterocycles. The van der Waals surface area contributed by atoms with Crippen LogP contribution in [0.25, 0.3) is 0 Å². The largest absolute Gasteiger partial charge is 0.379 e. The van der Waals surface area contributed by atoms with Gasteiger partial charge in [0.2, 0.25) is 0 Å². The van der Waals surface area contributed by atoms with Crippen molar-refractivity contribution in [3.8, 4) is 0 Å². The molecule has 3 nitrogen and oxygen atoms in total. The Morgan fingerprint density at radius 1 is 1.38 bits per heavy atom. The van der Waals surface area contributed by atoms with Crippen molar-refractivity contribution in [2.45, 2.75) is 25.9 Å². The first kappa shape index (κ1) is 12.0. The Balaban J connectivity index is 2.16. The molecule has 1 aromatic heterocycles. The lowest BCUT2D eigenvalue weighted by molar-refractivity contribution is 0.0124. The van der Waals surface area contributed by atoms with Gasteiger partial charge in [0.15, 0.2) is 0 Å². The van der Waals surface area contributed by atoms with Crippen LogP contribution in [0.1, 0.15) is 22.7 Å². The molecule has 2 rings (SSSR count). The summed E-state index contributed by atoms with van der Waals surface area (Å²) in [4.78, 5) is 5.18. The van der Waals surface area contributed by atoms with Crippen molar-refractivity contribution in [3.05, 3.63) is 21.9 Å². The molecule has 0 saturated carbocycles. The zero-order chi connectivity index (χ0) is 11.5. The van der Waals surface area contributed by atoms with Gasteiger partial charge in [0.25, 0.3) is 0 Å². The number of nitrogens with zero attached hydrogens (tertiary/aromatic N) is 1. The Labute approximate surface area is 101 Å². The van der Waals surface area contributed by atoms with Gasteiger partial charge < -0.3 is 10.5 Å². The molecule has 1 aliphatic heterocycles. The van der Waals surface area contributed by atoms with Crippen LogP contribution in [0.15, 0.2) is 12.1 Å². The molecule has 2 atom stereocenters. The standard InChI is InChI=1S/C12H20N2OS/c1-9-3-4-11(16-9)12(10(2)13)14-5-7-15-8-6-14/h3-4,10,12H,5-8,13H2,1-2H3. The van der Waals surface area contributed by atoms with Crippen LogP contribution < -0.4 is 5.73 Å². The van der Waals surface area contributed by atoms with Crippen molar-refractivity contribution in [2.24, 2.45) is 5.73 Å². The maximum Gasteiger partial charge on any atom is 0.0594 e. The number of rotatable bonds is 3. The molecular formula is C12H20N2OS. The second kappa shape index (κ2) is 5.27. The lowest BCUT2D eigenvalue weighted by Crippen LogP contribution is -2.45. The van der Waals surface area contributed by atoms with Crippen molar-refractivity contribution in [1.29, 1.82) is 0 Å². The number of hydrogen-bond acceptors (Lipinski definition) is 4. The van der Waals surface area contributed by atoms with E-state index in [9.17, 15) is 0 Å². The highest BCUT2D eigenvalue weighted by Crippen LogP contribution is 2.30. The second-order valence-electron chi connectivity index (χ2n) is 4.40. The summed E-state index contributed by atoms with van der Waals surface area (Å²) in [5.41, 5.74) is 6.13. The van der Waals surface area contributed by atoms with Gasteiger partial charge in [0.1, 0.15) is 0 Å². The van der Waals surface area contributed by atoms with E-state index in [1.165, 1.54) is 9.75 Å². The average molecular weight is 240 g/mol. The first-order valence-corrected chi connectivity index (χ1v) is 6.64. The van der Waals surface area contributed by atoms with Gasteiger partial charge in [0.05, 0.1) is 19.3 Å². The number of morpholine rings is 1. The van der Waals surface area contributed by atoms with Crippen LogP contribution in [-0.2, 0) is 4.74 Å². The number of thiophene rings is 1. The molecule has 1 aromatic rings. The van der Waals surface area contributed by atoms with E-state index in [1.54, 1.807) is 0 Å². The molecule has 16 heavy (non-hydrogen) atoms. The molecule has 2 heterocycles. The third kappa shape index (κ3) is 2.63. The van der Waals surface area contributed by atoms with E-state index in [0.717, 1.165) is 26.3 Å². The van der Waals surface area contributed by atoms with Gasteiger partial charge in [-0.1, -0.05) is 0 Å². The summed E-state index contributed by atoms with van der Waals surface area (Å²) in [6.45, 7) is 7.87. The molecule has 0 aliphatic carbocycles. The smallest absolute Gasteiger partial charge is 0.0594 e. The molecule has 2 N–H and O–H groups in total. The summed E-state index contributed by atoms with van der Waals surface area (Å²) in [6, 6.07) is 4.90. The first-order valence-electron chi connectivity index (χ1n) is 5.82. The molecule has 0 radical (unpaired) electrons. The minimum atomic E-state index is 0.163. The predicted molar refractivity (Wildman–Crippen MR) is 67.8 cm³/mol. The molecule has 1 fully saturated rings. The van der Waals surface area contributed by atoms with E-state index >= 15 is 0 Å². The molecule has 0 bridgehead atoms. The van der Waals surface area contributed by atoms with Crippen molar-refractivity contribution in [1.82, 2.24) is 4.90 Å². The summed E-state index contributed by atoms with van der Waals surface area (Å²) >= 11 is 1.86. The van der Waals surface area contributed by atoms with E-state index in [1.807, 2.05) is 11.3 Å². The van der Waals surface area contributed by atoms with Gasteiger partial charge in [-0.3, -0.25) is 4.90 Å². The van der Waals surface area contributed by atoms with Crippen LogP contribution in [0.3, 0.4) is 0 Å². The Morgan fingerprint density at radius 2 is 2.06 bits per heavy atom. The van der Waals surface area contributed by atoms with Gasteiger partial charge in [-0.05, 0) is 26.0 Å². The van der Waals surface area contributed by atoms with Gasteiger partial charge in [-0.25, -0.2) is 0 Å². The van der Waals surface area contributed by atoms with E-state index in [0.29, 0.717) is 6.04 Å². The summed E-state index contributed by atoms with van der Waals surface area (Å²) in [5, 5.41) is 0. The van der Waals surface area contributed by atoms with E-state index < -0.39 is 0 Å². The SMILES string of the molecule is Cc1ccc(C(C(C)N)N2CCOCC2)s1. The van der Waals surface area contributed by atoms with Gasteiger partial charge in [-0.15, -0.1) is 11.3 Å². The van der Waals surface area contributed by atoms with Gasteiger partial charge in [-0.2, -0.15) is 0 Å². The summed E-state index contributed by atoms with van der Waals surface area (Å²) in [5.74, 6) is 0. The van der Waals surface area contributed by atoms with Crippen molar-refractivity contribution < 1.29 is 4.74 Å². The normalized spacial score (nSPS) is 21.9. The summed E-state index contributed by atoms with van der Waals surface area (Å²) < 4.78 is 5.39. The van der Waals surface area contributed by atoms with E-state index in [2.05, 4.69) is 30.9 Å². The molecule has 0 aromatic carbocycles. The van der Waals surface area contributed by atoms with Crippen LogP contribution in [-0.4, -0.2) is 37.2 Å². The van der Waals surface area contributed by atoms with Crippen LogP contribution in [0, 0.1) is 6.92 Å². The zero-order valence-corrected chi connectivity index (χ0v) is 10.8. The third-order valence-electron chi connectivity index (χ3n) is 2.99. The van der Waals surface area contributed by atoms with Gasteiger partial charge >= 0.3 is 0 Å². The molecule has 4 heteroatoms. The number of nitrogens with two attached hydrogens (primary N) is 1. The fourth-order valence-corrected chi connectivity index (χ4v) is 3.37. The zero-order valence-electron chi connectivity index (χ0n) is 9.98. The van der Waals surface area contributed by atoms with E-state index in [4.69, 9.17) is 10.5 Å². The second-order valence-corrected chi connectivity index (χ2v) is 5.72. The molecule has 0 spiro atoms. The highest BCUT2D eigenvalue weighted by atomic mass is 32.1. The van der Waals surface area contributed by atoms with Gasteiger partial charge in [0, 0.05) is 28.9 Å². The van der Waals surface area contributed by atoms with Crippen LogP contribution >= 0.6 is 11.3 Å². The number of hydrogen-bond donors (Lipinski definition) is 1. The molecule has 0 amide bonds. The first-order chi connectivity index (χ1) is 7.68. The quantitative estimate of drug-likeness (QED) is 0.875. The van der Waals surface area contributed by atoms with Crippen LogP contribution in [0.2, 0.25) is 0 Å².